The number of phenols is 1. The van der Waals surface area contributed by atoms with Gasteiger partial charge in [-0.25, -0.2) is 0 Å². The zero-order valence-corrected chi connectivity index (χ0v) is 21.6. The molecule has 2 aromatic rings. The molecule has 1 atom stereocenters. The van der Waals surface area contributed by atoms with E-state index < -0.39 is 8.07 Å². The van der Waals surface area contributed by atoms with Crippen LogP contribution < -0.4 is 10.5 Å². The summed E-state index contributed by atoms with van der Waals surface area (Å²) in [5.41, 5.74) is 4.10. The van der Waals surface area contributed by atoms with Crippen LogP contribution in [-0.2, 0) is 10.8 Å². The molecule has 0 aliphatic carbocycles. The van der Waals surface area contributed by atoms with E-state index in [1.807, 2.05) is 20.2 Å². The van der Waals surface area contributed by atoms with E-state index in [4.69, 9.17) is 0 Å². The van der Waals surface area contributed by atoms with E-state index in [9.17, 15) is 5.11 Å². The Morgan fingerprint density at radius 2 is 1.28 bits per heavy atom. The fourth-order valence-corrected chi connectivity index (χ4v) is 6.29. The molecule has 0 radical (unpaired) electrons. The Morgan fingerprint density at radius 3 is 1.69 bits per heavy atom. The predicted molar refractivity (Wildman–Crippen MR) is 132 cm³/mol. The molecule has 0 spiro atoms. The Balaban J connectivity index is 0.00000132. The standard InChI is InChI=1S/C24H36OSi.C2H7N/c1-17(26(8,9)18-13-11-10-12-14-18)19-15-21(24(5,6)7)22(25)16-20(19)23(2,3)4;1-3-2/h10-17,25H,1-9H3;3H,1-2H3. The maximum atomic E-state index is 10.7. The summed E-state index contributed by atoms with van der Waals surface area (Å²) in [6, 6.07) is 15.3. The fraction of sp³-hybridized carbons (Fsp3) is 0.538. The number of benzene rings is 2. The molecule has 2 rings (SSSR count). The van der Waals surface area contributed by atoms with Gasteiger partial charge in [0.2, 0.25) is 0 Å². The summed E-state index contributed by atoms with van der Waals surface area (Å²) in [4.78, 5) is 0. The van der Waals surface area contributed by atoms with Gasteiger partial charge in [0.05, 0.1) is 8.07 Å². The third-order valence-corrected chi connectivity index (χ3v) is 10.1. The van der Waals surface area contributed by atoms with E-state index >= 15 is 0 Å². The molecule has 2 N–H and O–H groups in total. The minimum absolute atomic E-state index is 0.00133. The number of phenolic OH excluding ortho intramolecular Hbond substituents is 1. The molecule has 0 saturated carbocycles. The molecule has 0 amide bonds. The summed E-state index contributed by atoms with van der Waals surface area (Å²) in [7, 11) is 2.04. The zero-order valence-electron chi connectivity index (χ0n) is 20.6. The van der Waals surface area contributed by atoms with Gasteiger partial charge in [0, 0.05) is 0 Å². The van der Waals surface area contributed by atoms with Crippen molar-refractivity contribution in [3.63, 3.8) is 0 Å². The van der Waals surface area contributed by atoms with Crippen LogP contribution in [0.4, 0.5) is 0 Å². The highest BCUT2D eigenvalue weighted by atomic mass is 28.3. The maximum absolute atomic E-state index is 10.7. The van der Waals surface area contributed by atoms with Gasteiger partial charge in [-0.1, -0.05) is 103 Å². The van der Waals surface area contributed by atoms with Crippen LogP contribution in [-0.4, -0.2) is 27.3 Å². The molecule has 1 unspecified atom stereocenters. The number of rotatable bonds is 3. The number of aromatic hydroxyl groups is 1. The van der Waals surface area contributed by atoms with Crippen molar-refractivity contribution in [3.05, 3.63) is 59.2 Å². The highest BCUT2D eigenvalue weighted by Gasteiger charge is 2.35. The van der Waals surface area contributed by atoms with Gasteiger partial charge in [0.1, 0.15) is 5.75 Å². The van der Waals surface area contributed by atoms with Gasteiger partial charge in [-0.3, -0.25) is 0 Å². The molecule has 0 aromatic heterocycles. The summed E-state index contributed by atoms with van der Waals surface area (Å²) in [5, 5.41) is 15.0. The quantitative estimate of drug-likeness (QED) is 0.598. The molecule has 0 aliphatic rings. The lowest BCUT2D eigenvalue weighted by Crippen LogP contribution is -2.47. The first-order valence-electron chi connectivity index (χ1n) is 10.7. The SMILES string of the molecule is CC(c1cc(C(C)(C)C)c(O)cc1C(C)(C)C)[Si](C)(C)c1ccccc1.CNC. The molecular formula is C26H43NOSi. The van der Waals surface area contributed by atoms with Gasteiger partial charge in [-0.05, 0) is 53.2 Å². The Kier molecular flexibility index (Phi) is 8.33. The molecule has 0 saturated heterocycles. The highest BCUT2D eigenvalue weighted by Crippen LogP contribution is 2.41. The van der Waals surface area contributed by atoms with Gasteiger partial charge >= 0.3 is 0 Å². The number of nitrogens with one attached hydrogen (secondary N) is 1. The van der Waals surface area contributed by atoms with Crippen LogP contribution in [0, 0.1) is 0 Å². The molecule has 0 fully saturated rings. The molecule has 2 nitrogen and oxygen atoms in total. The number of hydrogen-bond donors (Lipinski definition) is 2. The Hall–Kier alpha value is -1.58. The molecule has 29 heavy (non-hydrogen) atoms. The van der Waals surface area contributed by atoms with Crippen molar-refractivity contribution in [2.75, 3.05) is 14.1 Å². The maximum Gasteiger partial charge on any atom is 0.119 e. The second-order valence-corrected chi connectivity index (χ2v) is 15.7. The fourth-order valence-electron chi connectivity index (χ4n) is 3.72. The summed E-state index contributed by atoms with van der Waals surface area (Å²) < 4.78 is 0. The summed E-state index contributed by atoms with van der Waals surface area (Å²) in [6.45, 7) is 20.6. The summed E-state index contributed by atoms with van der Waals surface area (Å²) >= 11 is 0. The Labute approximate surface area is 180 Å². The smallest absolute Gasteiger partial charge is 0.119 e. The van der Waals surface area contributed by atoms with Crippen molar-refractivity contribution >= 4 is 13.3 Å². The van der Waals surface area contributed by atoms with Gasteiger partial charge in [-0.15, -0.1) is 0 Å². The lowest BCUT2D eigenvalue weighted by molar-refractivity contribution is 0.442. The van der Waals surface area contributed by atoms with Crippen molar-refractivity contribution in [3.8, 4) is 5.75 Å². The minimum atomic E-state index is -1.71. The topological polar surface area (TPSA) is 32.3 Å². The van der Waals surface area contributed by atoms with Crippen molar-refractivity contribution in [2.24, 2.45) is 0 Å². The average Bonchev–Trinajstić information content (AvgIpc) is 2.60. The lowest BCUT2D eigenvalue weighted by Gasteiger charge is -2.36. The second kappa shape index (κ2) is 9.49. The van der Waals surface area contributed by atoms with E-state index in [0.717, 1.165) is 5.56 Å². The summed E-state index contributed by atoms with van der Waals surface area (Å²) in [5.74, 6) is 0.428. The van der Waals surface area contributed by atoms with Crippen molar-refractivity contribution in [1.29, 1.82) is 0 Å². The third kappa shape index (κ3) is 6.20. The van der Waals surface area contributed by atoms with Crippen LogP contribution in [0.5, 0.6) is 5.75 Å². The van der Waals surface area contributed by atoms with E-state index in [2.05, 4.69) is 103 Å². The largest absolute Gasteiger partial charge is 0.508 e. The van der Waals surface area contributed by atoms with Crippen LogP contribution in [0.2, 0.25) is 13.1 Å². The first-order valence-corrected chi connectivity index (χ1v) is 13.8. The molecule has 162 valence electrons. The molecule has 0 aliphatic heterocycles. The molecule has 0 heterocycles. The van der Waals surface area contributed by atoms with Crippen LogP contribution in [0.25, 0.3) is 0 Å². The Morgan fingerprint density at radius 1 is 0.828 bits per heavy atom. The van der Waals surface area contributed by atoms with Gasteiger partial charge in [0.25, 0.3) is 0 Å². The lowest BCUT2D eigenvalue weighted by atomic mass is 9.78. The molecular weight excluding hydrogens is 370 g/mol. The molecule has 0 bridgehead atoms. The molecule has 2 aromatic carbocycles. The zero-order chi connectivity index (χ0) is 22.6. The van der Waals surface area contributed by atoms with E-state index in [1.165, 1.54) is 16.3 Å². The number of hydrogen-bond acceptors (Lipinski definition) is 2. The average molecular weight is 414 g/mol. The summed E-state index contributed by atoms with van der Waals surface area (Å²) in [6.07, 6.45) is 0. The first kappa shape index (κ1) is 25.5. The van der Waals surface area contributed by atoms with E-state index in [1.54, 1.807) is 0 Å². The second-order valence-electron chi connectivity index (χ2n) is 10.8. The normalized spacial score (nSPS) is 13.5. The molecule has 3 heteroatoms. The van der Waals surface area contributed by atoms with Crippen molar-refractivity contribution < 1.29 is 5.11 Å². The monoisotopic (exact) mass is 413 g/mol. The van der Waals surface area contributed by atoms with Crippen LogP contribution in [0.3, 0.4) is 0 Å². The highest BCUT2D eigenvalue weighted by molar-refractivity contribution is 6.90. The van der Waals surface area contributed by atoms with Gasteiger partial charge in [0.15, 0.2) is 0 Å². The van der Waals surface area contributed by atoms with E-state index in [0.29, 0.717) is 11.3 Å². The van der Waals surface area contributed by atoms with Crippen LogP contribution >= 0.6 is 0 Å². The van der Waals surface area contributed by atoms with Gasteiger partial charge in [-0.2, -0.15) is 0 Å². The van der Waals surface area contributed by atoms with Crippen molar-refractivity contribution in [2.45, 2.75) is 77.9 Å². The third-order valence-electron chi connectivity index (χ3n) is 5.85. The predicted octanol–water partition coefficient (Wildman–Crippen LogP) is 6.08. The van der Waals surface area contributed by atoms with E-state index in [-0.39, 0.29) is 10.8 Å². The first-order chi connectivity index (χ1) is 13.2. The van der Waals surface area contributed by atoms with Gasteiger partial charge < -0.3 is 10.4 Å². The van der Waals surface area contributed by atoms with Crippen molar-refractivity contribution in [1.82, 2.24) is 5.32 Å². The van der Waals surface area contributed by atoms with Crippen LogP contribution in [0.15, 0.2) is 42.5 Å². The van der Waals surface area contributed by atoms with Crippen LogP contribution in [0.1, 0.15) is 70.7 Å². The Bertz CT molecular complexity index is 783. The minimum Gasteiger partial charge on any atom is -0.508 e.